The van der Waals surface area contributed by atoms with E-state index in [4.69, 9.17) is 14.9 Å². The predicted molar refractivity (Wildman–Crippen MR) is 84.5 cm³/mol. The maximum absolute atomic E-state index is 12.1. The van der Waals surface area contributed by atoms with Gasteiger partial charge in [-0.2, -0.15) is 5.26 Å². The van der Waals surface area contributed by atoms with Gasteiger partial charge in [0.2, 0.25) is 5.90 Å². The highest BCUT2D eigenvalue weighted by Gasteiger charge is 2.41. The third-order valence-corrected chi connectivity index (χ3v) is 4.34. The third-order valence-electron chi connectivity index (χ3n) is 3.35. The first-order valence-corrected chi connectivity index (χ1v) is 7.28. The molecule has 1 aliphatic heterocycles. The lowest BCUT2D eigenvalue weighted by Crippen LogP contribution is -2.33. The quantitative estimate of drug-likeness (QED) is 0.616. The van der Waals surface area contributed by atoms with Crippen LogP contribution in [0, 0.1) is 26.2 Å². The van der Waals surface area contributed by atoms with Crippen LogP contribution >= 0.6 is 22.6 Å². The zero-order chi connectivity index (χ0) is 15.6. The van der Waals surface area contributed by atoms with E-state index in [1.54, 1.807) is 6.92 Å². The molecule has 0 radical (unpaired) electrons. The molecule has 2 atom stereocenters. The van der Waals surface area contributed by atoms with Gasteiger partial charge in [0.15, 0.2) is 0 Å². The van der Waals surface area contributed by atoms with E-state index in [1.165, 1.54) is 7.11 Å². The van der Waals surface area contributed by atoms with E-state index in [-0.39, 0.29) is 5.90 Å². The number of hydrogen-bond acceptors (Lipinski definition) is 5. The molecule has 1 aromatic carbocycles. The van der Waals surface area contributed by atoms with Crippen LogP contribution in [0.3, 0.4) is 0 Å². The van der Waals surface area contributed by atoms with Crippen molar-refractivity contribution in [3.05, 3.63) is 44.7 Å². The molecule has 5 nitrogen and oxygen atoms in total. The Morgan fingerprint density at radius 2 is 2.14 bits per heavy atom. The number of nitrogens with one attached hydrogen (secondary N) is 1. The number of halogens is 1. The van der Waals surface area contributed by atoms with Crippen molar-refractivity contribution in [2.75, 3.05) is 7.11 Å². The number of methoxy groups -OCH3 is 1. The summed E-state index contributed by atoms with van der Waals surface area (Å²) < 4.78 is 11.0. The molecule has 1 aromatic rings. The van der Waals surface area contributed by atoms with E-state index in [1.807, 2.05) is 24.3 Å². The van der Waals surface area contributed by atoms with E-state index in [0.29, 0.717) is 11.3 Å². The van der Waals surface area contributed by atoms with Crippen LogP contribution in [-0.4, -0.2) is 19.0 Å². The van der Waals surface area contributed by atoms with E-state index in [9.17, 15) is 10.1 Å². The fourth-order valence-electron chi connectivity index (χ4n) is 2.40. The highest BCUT2D eigenvalue weighted by atomic mass is 127. The van der Waals surface area contributed by atoms with Gasteiger partial charge in [-0.3, -0.25) is 5.41 Å². The van der Waals surface area contributed by atoms with E-state index >= 15 is 0 Å². The first kappa shape index (κ1) is 15.5. The van der Waals surface area contributed by atoms with Crippen molar-refractivity contribution in [3.8, 4) is 6.07 Å². The molecule has 0 aromatic heterocycles. The zero-order valence-corrected chi connectivity index (χ0v) is 13.7. The topological polar surface area (TPSA) is 83.2 Å². The summed E-state index contributed by atoms with van der Waals surface area (Å²) in [4.78, 5) is 12.1. The summed E-state index contributed by atoms with van der Waals surface area (Å²) in [6.45, 7) is 1.61. The van der Waals surface area contributed by atoms with Gasteiger partial charge >= 0.3 is 5.97 Å². The monoisotopic (exact) mass is 396 g/mol. The van der Waals surface area contributed by atoms with Crippen molar-refractivity contribution in [2.24, 2.45) is 5.92 Å². The van der Waals surface area contributed by atoms with Crippen LogP contribution in [0.2, 0.25) is 0 Å². The Bertz CT molecular complexity index is 676. The number of benzene rings is 1. The highest BCUT2D eigenvalue weighted by molar-refractivity contribution is 14.1. The van der Waals surface area contributed by atoms with Crippen LogP contribution in [0.4, 0.5) is 0 Å². The minimum Gasteiger partial charge on any atom is -0.466 e. The molecule has 6 heteroatoms. The molecule has 2 unspecified atom stereocenters. The van der Waals surface area contributed by atoms with Crippen LogP contribution < -0.4 is 0 Å². The lowest BCUT2D eigenvalue weighted by atomic mass is 9.79. The van der Waals surface area contributed by atoms with Gasteiger partial charge in [0.1, 0.15) is 11.7 Å². The third kappa shape index (κ3) is 2.78. The van der Waals surface area contributed by atoms with Gasteiger partial charge in [-0.05, 0) is 41.1 Å². The van der Waals surface area contributed by atoms with Crippen molar-refractivity contribution in [1.82, 2.24) is 0 Å². The number of carbonyl (C=O) groups excluding carboxylic acids is 1. The Balaban J connectivity index is 2.68. The molecule has 1 aliphatic rings. The molecular formula is C15H13IN2O3. The molecular weight excluding hydrogens is 383 g/mol. The summed E-state index contributed by atoms with van der Waals surface area (Å²) in [5, 5.41) is 17.3. The number of carbonyl (C=O) groups is 1. The number of nitriles is 1. The van der Waals surface area contributed by atoms with Gasteiger partial charge in [0, 0.05) is 9.49 Å². The van der Waals surface area contributed by atoms with Gasteiger partial charge in [0.05, 0.1) is 18.8 Å². The molecule has 0 spiro atoms. The highest BCUT2D eigenvalue weighted by Crippen LogP contribution is 2.40. The molecule has 21 heavy (non-hydrogen) atoms. The first-order valence-electron chi connectivity index (χ1n) is 6.20. The average Bonchev–Trinajstić information content (AvgIpc) is 2.46. The summed E-state index contributed by atoms with van der Waals surface area (Å²) >= 11 is 2.15. The van der Waals surface area contributed by atoms with Crippen LogP contribution in [0.25, 0.3) is 0 Å². The van der Waals surface area contributed by atoms with E-state index in [0.717, 1.165) is 9.13 Å². The summed E-state index contributed by atoms with van der Waals surface area (Å²) in [6.07, 6.45) is 0. The van der Waals surface area contributed by atoms with Gasteiger partial charge in [-0.15, -0.1) is 0 Å². The summed E-state index contributed by atoms with van der Waals surface area (Å²) in [6, 6.07) is 9.54. The second-order valence-corrected chi connectivity index (χ2v) is 5.70. The van der Waals surface area contributed by atoms with Gasteiger partial charge < -0.3 is 9.47 Å². The number of ether oxygens (including phenoxy) is 2. The second kappa shape index (κ2) is 6.26. The van der Waals surface area contributed by atoms with Crippen molar-refractivity contribution >= 4 is 34.5 Å². The Morgan fingerprint density at radius 1 is 1.48 bits per heavy atom. The minimum atomic E-state index is -0.848. The lowest BCUT2D eigenvalue weighted by Gasteiger charge is -2.30. The van der Waals surface area contributed by atoms with Crippen LogP contribution in [0.1, 0.15) is 18.4 Å². The second-order valence-electron chi connectivity index (χ2n) is 4.53. The number of rotatable bonds is 2. The molecule has 2 rings (SSSR count). The molecule has 0 aliphatic carbocycles. The van der Waals surface area contributed by atoms with Crippen molar-refractivity contribution in [3.63, 3.8) is 0 Å². The minimum absolute atomic E-state index is 0.146. The predicted octanol–water partition coefficient (Wildman–Crippen LogP) is 2.97. The largest absolute Gasteiger partial charge is 0.466 e. The summed E-state index contributed by atoms with van der Waals surface area (Å²) in [5.74, 6) is -1.78. The fraction of sp³-hybridized carbons (Fsp3) is 0.267. The summed E-state index contributed by atoms with van der Waals surface area (Å²) in [7, 11) is 1.29. The van der Waals surface area contributed by atoms with Crippen LogP contribution in [0.15, 0.2) is 35.6 Å². The lowest BCUT2D eigenvalue weighted by molar-refractivity contribution is -0.136. The SMILES string of the molecule is COC(=O)C1=C(C)OC(=N)C(C#N)C1c1ccccc1I. The van der Waals surface area contributed by atoms with Gasteiger partial charge in [0.25, 0.3) is 0 Å². The molecule has 0 saturated carbocycles. The standard InChI is InChI=1S/C15H13IN2O3/c1-8-12(15(19)20-2)13(10(7-17)14(18)21-8)9-5-3-4-6-11(9)16/h3-6,10,13,18H,1-2H3. The van der Waals surface area contributed by atoms with Crippen molar-refractivity contribution in [1.29, 1.82) is 10.7 Å². The number of esters is 1. The van der Waals surface area contributed by atoms with Crippen molar-refractivity contribution < 1.29 is 14.3 Å². The first-order chi connectivity index (χ1) is 10.0. The summed E-state index contributed by atoms with van der Waals surface area (Å²) in [5.41, 5.74) is 1.11. The smallest absolute Gasteiger partial charge is 0.337 e. The molecule has 1 N–H and O–H groups in total. The molecule has 0 saturated heterocycles. The maximum Gasteiger partial charge on any atom is 0.337 e. The molecule has 1 heterocycles. The Labute approximate surface area is 136 Å². The van der Waals surface area contributed by atoms with Crippen LogP contribution in [-0.2, 0) is 14.3 Å². The van der Waals surface area contributed by atoms with Gasteiger partial charge in [-0.25, -0.2) is 4.79 Å². The maximum atomic E-state index is 12.1. The molecule has 0 fully saturated rings. The van der Waals surface area contributed by atoms with Crippen LogP contribution in [0.5, 0.6) is 0 Å². The van der Waals surface area contributed by atoms with E-state index < -0.39 is 17.8 Å². The van der Waals surface area contributed by atoms with Gasteiger partial charge in [-0.1, -0.05) is 18.2 Å². The molecule has 0 amide bonds. The number of allylic oxidation sites excluding steroid dienone is 1. The normalized spacial score (nSPS) is 21.5. The Morgan fingerprint density at radius 3 is 2.71 bits per heavy atom. The average molecular weight is 396 g/mol. The number of hydrogen-bond donors (Lipinski definition) is 1. The van der Waals surface area contributed by atoms with Crippen molar-refractivity contribution in [2.45, 2.75) is 12.8 Å². The Kier molecular flexibility index (Phi) is 4.63. The molecule has 108 valence electrons. The fourth-order valence-corrected chi connectivity index (χ4v) is 3.12. The molecule has 0 bridgehead atoms. The number of nitrogens with zero attached hydrogens (tertiary/aromatic N) is 1. The van der Waals surface area contributed by atoms with E-state index in [2.05, 4.69) is 28.7 Å². The Hall–Kier alpha value is -1.88. The zero-order valence-electron chi connectivity index (χ0n) is 11.5.